The van der Waals surface area contributed by atoms with E-state index in [-0.39, 0.29) is 6.04 Å². The number of benzene rings is 2. The molecule has 21 heavy (non-hydrogen) atoms. The van der Waals surface area contributed by atoms with Crippen LogP contribution in [0.3, 0.4) is 0 Å². The molecule has 1 atom stereocenters. The summed E-state index contributed by atoms with van der Waals surface area (Å²) < 4.78 is 32.6. The Morgan fingerprint density at radius 1 is 1.14 bits per heavy atom. The Morgan fingerprint density at radius 2 is 1.95 bits per heavy atom. The van der Waals surface area contributed by atoms with Crippen LogP contribution in [0.15, 0.2) is 36.4 Å². The molecule has 1 heterocycles. The number of halogens is 2. The minimum atomic E-state index is -0.557. The minimum absolute atomic E-state index is 0.245. The van der Waals surface area contributed by atoms with Crippen molar-refractivity contribution in [1.29, 1.82) is 0 Å². The van der Waals surface area contributed by atoms with Crippen LogP contribution in [-0.4, -0.2) is 13.2 Å². The number of rotatable bonds is 3. The third kappa shape index (κ3) is 2.76. The maximum Gasteiger partial charge on any atom is 0.131 e. The fourth-order valence-corrected chi connectivity index (χ4v) is 2.81. The van der Waals surface area contributed by atoms with Gasteiger partial charge >= 0.3 is 0 Å². The molecule has 2 nitrogen and oxygen atoms in total. The van der Waals surface area contributed by atoms with Gasteiger partial charge in [0.2, 0.25) is 0 Å². The predicted molar refractivity (Wildman–Crippen MR) is 77.5 cm³/mol. The van der Waals surface area contributed by atoms with Crippen LogP contribution in [0.25, 0.3) is 0 Å². The summed E-state index contributed by atoms with van der Waals surface area (Å²) in [6.07, 6.45) is 0.871. The summed E-state index contributed by atoms with van der Waals surface area (Å²) >= 11 is 0. The van der Waals surface area contributed by atoms with Gasteiger partial charge < -0.3 is 10.1 Å². The van der Waals surface area contributed by atoms with Crippen molar-refractivity contribution in [2.45, 2.75) is 19.4 Å². The van der Waals surface area contributed by atoms with Crippen LogP contribution in [-0.2, 0) is 6.42 Å². The summed E-state index contributed by atoms with van der Waals surface area (Å²) in [5.74, 6) is -0.246. The average molecular weight is 289 g/mol. The van der Waals surface area contributed by atoms with Gasteiger partial charge in [-0.05, 0) is 42.7 Å². The first-order valence-corrected chi connectivity index (χ1v) is 7.13. The van der Waals surface area contributed by atoms with Crippen molar-refractivity contribution >= 4 is 0 Å². The molecule has 0 amide bonds. The van der Waals surface area contributed by atoms with E-state index < -0.39 is 11.6 Å². The Bertz CT molecular complexity index is 657. The molecule has 4 heteroatoms. The third-order valence-corrected chi connectivity index (χ3v) is 3.75. The normalized spacial score (nSPS) is 17.4. The van der Waals surface area contributed by atoms with Crippen molar-refractivity contribution < 1.29 is 13.5 Å². The summed E-state index contributed by atoms with van der Waals surface area (Å²) in [4.78, 5) is 0. The van der Waals surface area contributed by atoms with Gasteiger partial charge in [-0.3, -0.25) is 0 Å². The van der Waals surface area contributed by atoms with Gasteiger partial charge in [0.15, 0.2) is 0 Å². The predicted octanol–water partition coefficient (Wildman–Crippen LogP) is 3.60. The largest absolute Gasteiger partial charge is 0.494 e. The standard InChI is InChI=1S/C17H17F2NO/c1-2-21-13-4-6-14-11(9-13)7-8-20-17(14)15-5-3-12(18)10-16(15)19/h3-6,9-10,17,20H,2,7-8H2,1H3. The van der Waals surface area contributed by atoms with E-state index >= 15 is 0 Å². The number of hydrogen-bond acceptors (Lipinski definition) is 2. The van der Waals surface area contributed by atoms with E-state index in [1.54, 1.807) is 0 Å². The molecule has 110 valence electrons. The fourth-order valence-electron chi connectivity index (χ4n) is 2.81. The van der Waals surface area contributed by atoms with Crippen LogP contribution < -0.4 is 10.1 Å². The minimum Gasteiger partial charge on any atom is -0.494 e. The Morgan fingerprint density at radius 3 is 2.71 bits per heavy atom. The topological polar surface area (TPSA) is 21.3 Å². The summed E-state index contributed by atoms with van der Waals surface area (Å²) in [6, 6.07) is 9.35. The summed E-state index contributed by atoms with van der Waals surface area (Å²) in [7, 11) is 0. The third-order valence-electron chi connectivity index (χ3n) is 3.75. The fraction of sp³-hybridized carbons (Fsp3) is 0.294. The van der Waals surface area contributed by atoms with Crippen LogP contribution >= 0.6 is 0 Å². The molecule has 0 aromatic heterocycles. The number of fused-ring (bicyclic) bond motifs is 1. The van der Waals surface area contributed by atoms with E-state index in [2.05, 4.69) is 5.32 Å². The second-order valence-corrected chi connectivity index (χ2v) is 5.10. The molecular formula is C17H17F2NO. The lowest BCUT2D eigenvalue weighted by atomic mass is 9.89. The lowest BCUT2D eigenvalue weighted by Gasteiger charge is -2.28. The molecule has 1 aliphatic heterocycles. The van der Waals surface area contributed by atoms with Crippen molar-refractivity contribution in [2.75, 3.05) is 13.2 Å². The van der Waals surface area contributed by atoms with Gasteiger partial charge in [0.25, 0.3) is 0 Å². The quantitative estimate of drug-likeness (QED) is 0.932. The molecule has 0 aliphatic carbocycles. The highest BCUT2D eigenvalue weighted by Gasteiger charge is 2.24. The Kier molecular flexibility index (Phi) is 3.88. The molecule has 1 unspecified atom stereocenters. The molecule has 3 rings (SSSR count). The highest BCUT2D eigenvalue weighted by atomic mass is 19.1. The van der Waals surface area contributed by atoms with E-state index in [1.165, 1.54) is 12.1 Å². The Labute approximate surface area is 122 Å². The first-order valence-electron chi connectivity index (χ1n) is 7.13. The van der Waals surface area contributed by atoms with Gasteiger partial charge in [0.05, 0.1) is 12.6 Å². The van der Waals surface area contributed by atoms with E-state index in [0.29, 0.717) is 12.2 Å². The van der Waals surface area contributed by atoms with Gasteiger partial charge in [0.1, 0.15) is 17.4 Å². The number of hydrogen-bond donors (Lipinski definition) is 1. The van der Waals surface area contributed by atoms with Crippen molar-refractivity contribution in [2.24, 2.45) is 0 Å². The van der Waals surface area contributed by atoms with Crippen molar-refractivity contribution in [1.82, 2.24) is 5.32 Å². The molecular weight excluding hydrogens is 272 g/mol. The molecule has 2 aromatic rings. The summed E-state index contributed by atoms with van der Waals surface area (Å²) in [5, 5.41) is 3.30. The maximum absolute atomic E-state index is 14.0. The molecule has 0 radical (unpaired) electrons. The maximum atomic E-state index is 14.0. The van der Waals surface area contributed by atoms with Gasteiger partial charge in [-0.2, -0.15) is 0 Å². The van der Waals surface area contributed by atoms with Crippen LogP contribution in [0.4, 0.5) is 8.78 Å². The number of ether oxygens (including phenoxy) is 1. The van der Waals surface area contributed by atoms with Crippen molar-refractivity contribution in [3.8, 4) is 5.75 Å². The molecule has 0 spiro atoms. The van der Waals surface area contributed by atoms with Gasteiger partial charge in [-0.1, -0.05) is 12.1 Å². The zero-order valence-corrected chi connectivity index (χ0v) is 11.8. The van der Waals surface area contributed by atoms with Crippen LogP contribution in [0.1, 0.15) is 29.7 Å². The molecule has 0 bridgehead atoms. The lowest BCUT2D eigenvalue weighted by Crippen LogP contribution is -2.31. The highest BCUT2D eigenvalue weighted by Crippen LogP contribution is 2.32. The number of nitrogens with one attached hydrogen (secondary N) is 1. The van der Waals surface area contributed by atoms with Gasteiger partial charge in [-0.25, -0.2) is 8.78 Å². The van der Waals surface area contributed by atoms with E-state index in [0.717, 1.165) is 35.9 Å². The smallest absolute Gasteiger partial charge is 0.131 e. The van der Waals surface area contributed by atoms with E-state index in [9.17, 15) is 8.78 Å². The molecule has 2 aromatic carbocycles. The molecule has 0 saturated heterocycles. The van der Waals surface area contributed by atoms with Crippen LogP contribution in [0.5, 0.6) is 5.75 Å². The Balaban J connectivity index is 2.00. The Hall–Kier alpha value is -1.94. The van der Waals surface area contributed by atoms with E-state index in [4.69, 9.17) is 4.74 Å². The van der Waals surface area contributed by atoms with Crippen molar-refractivity contribution in [3.63, 3.8) is 0 Å². The second-order valence-electron chi connectivity index (χ2n) is 5.10. The highest BCUT2D eigenvalue weighted by molar-refractivity contribution is 5.44. The van der Waals surface area contributed by atoms with Gasteiger partial charge in [0, 0.05) is 18.2 Å². The summed E-state index contributed by atoms with van der Waals surface area (Å²) in [6.45, 7) is 3.31. The van der Waals surface area contributed by atoms with Crippen LogP contribution in [0.2, 0.25) is 0 Å². The first kappa shape index (κ1) is 14.0. The first-order chi connectivity index (χ1) is 10.2. The van der Waals surface area contributed by atoms with Gasteiger partial charge in [-0.15, -0.1) is 0 Å². The monoisotopic (exact) mass is 289 g/mol. The van der Waals surface area contributed by atoms with Crippen molar-refractivity contribution in [3.05, 3.63) is 64.7 Å². The molecule has 1 N–H and O–H groups in total. The lowest BCUT2D eigenvalue weighted by molar-refractivity contribution is 0.339. The second kappa shape index (κ2) is 5.82. The zero-order valence-electron chi connectivity index (χ0n) is 11.8. The average Bonchev–Trinajstić information content (AvgIpc) is 2.47. The van der Waals surface area contributed by atoms with Crippen LogP contribution in [0, 0.1) is 11.6 Å². The SMILES string of the molecule is CCOc1ccc2c(c1)CCNC2c1ccc(F)cc1F. The van der Waals surface area contributed by atoms with E-state index in [1.807, 2.05) is 25.1 Å². The molecule has 0 saturated carbocycles. The molecule has 0 fully saturated rings. The molecule has 1 aliphatic rings. The summed E-state index contributed by atoms with van der Waals surface area (Å²) in [5.41, 5.74) is 2.64. The zero-order chi connectivity index (χ0) is 14.8.